The number of Topliss-reactive ketones (excluding diaryl/α,β-unsaturated/α-hetero) is 1. The van der Waals surface area contributed by atoms with Gasteiger partial charge in [0.05, 0.1) is 6.04 Å². The van der Waals surface area contributed by atoms with Crippen LogP contribution in [0.3, 0.4) is 0 Å². The summed E-state index contributed by atoms with van der Waals surface area (Å²) < 4.78 is 27.1. The van der Waals surface area contributed by atoms with Crippen molar-refractivity contribution in [1.29, 1.82) is 0 Å². The molecule has 0 radical (unpaired) electrons. The highest BCUT2D eigenvalue weighted by molar-refractivity contribution is 6.02. The van der Waals surface area contributed by atoms with Crippen LogP contribution in [-0.2, 0) is 0 Å². The topological polar surface area (TPSA) is 56.4 Å². The Morgan fingerprint density at radius 1 is 0.848 bits per heavy atom. The van der Waals surface area contributed by atoms with E-state index in [-0.39, 0.29) is 29.4 Å². The summed E-state index contributed by atoms with van der Waals surface area (Å²) in [6.45, 7) is 7.31. The quantitative estimate of drug-likeness (QED) is 0.574. The largest absolute Gasteiger partial charge is 0.354 e. The lowest BCUT2D eigenvalue weighted by atomic mass is 9.96. The van der Waals surface area contributed by atoms with Gasteiger partial charge in [-0.25, -0.2) is 8.78 Å². The number of piperazine rings is 1. The van der Waals surface area contributed by atoms with Gasteiger partial charge >= 0.3 is 0 Å². The third kappa shape index (κ3) is 4.59. The van der Waals surface area contributed by atoms with Gasteiger partial charge in [-0.3, -0.25) is 14.5 Å². The smallest absolute Gasteiger partial charge is 0.270 e. The number of carbonyl (C=O) groups is 2. The van der Waals surface area contributed by atoms with E-state index >= 15 is 0 Å². The number of carbonyl (C=O) groups excluding carboxylic acids is 2. The van der Waals surface area contributed by atoms with Crippen molar-refractivity contribution in [3.63, 3.8) is 0 Å². The van der Waals surface area contributed by atoms with E-state index in [4.69, 9.17) is 0 Å². The first-order valence-electron chi connectivity index (χ1n) is 11.0. The number of benzene rings is 2. The van der Waals surface area contributed by atoms with Gasteiger partial charge in [-0.15, -0.1) is 0 Å². The predicted octanol–water partition coefficient (Wildman–Crippen LogP) is 4.66. The number of hydrogen-bond acceptors (Lipinski definition) is 3. The summed E-state index contributed by atoms with van der Waals surface area (Å²) in [6.07, 6.45) is 0. The standard InChI is InChI=1S/C26H27F2N3O2/c1-16-23(18(3)32)17(2)29-24(16)26(33)31-14-12-30(13-15-31)25(19-4-8-21(27)9-5-19)20-6-10-22(28)11-7-20/h4-11,25,29H,12-15H2,1-3H3. The van der Waals surface area contributed by atoms with Crippen LogP contribution in [0.5, 0.6) is 0 Å². The van der Waals surface area contributed by atoms with Gasteiger partial charge in [0.1, 0.15) is 17.3 Å². The molecular weight excluding hydrogens is 424 g/mol. The van der Waals surface area contributed by atoms with Crippen LogP contribution in [0.25, 0.3) is 0 Å². The van der Waals surface area contributed by atoms with E-state index in [1.54, 1.807) is 43.0 Å². The predicted molar refractivity (Wildman–Crippen MR) is 122 cm³/mol. The van der Waals surface area contributed by atoms with Gasteiger partial charge in [0.15, 0.2) is 5.78 Å². The van der Waals surface area contributed by atoms with Crippen LogP contribution in [0.4, 0.5) is 8.78 Å². The number of aryl methyl sites for hydroxylation is 1. The summed E-state index contributed by atoms with van der Waals surface area (Å²) in [4.78, 5) is 32.2. The van der Waals surface area contributed by atoms with Gasteiger partial charge < -0.3 is 9.88 Å². The molecule has 5 nitrogen and oxygen atoms in total. The second-order valence-electron chi connectivity index (χ2n) is 8.51. The van der Waals surface area contributed by atoms with Crippen molar-refractivity contribution in [2.45, 2.75) is 26.8 Å². The SMILES string of the molecule is CC(=O)c1c(C)[nH]c(C(=O)N2CCN(C(c3ccc(F)cc3)c3ccc(F)cc3)CC2)c1C. The number of rotatable bonds is 5. The van der Waals surface area contributed by atoms with Crippen LogP contribution >= 0.6 is 0 Å². The van der Waals surface area contributed by atoms with E-state index in [0.29, 0.717) is 48.7 Å². The Labute approximate surface area is 192 Å². The Morgan fingerprint density at radius 3 is 1.76 bits per heavy atom. The average molecular weight is 452 g/mol. The van der Waals surface area contributed by atoms with Crippen molar-refractivity contribution in [2.24, 2.45) is 0 Å². The van der Waals surface area contributed by atoms with Gasteiger partial charge in [-0.2, -0.15) is 0 Å². The van der Waals surface area contributed by atoms with Crippen molar-refractivity contribution < 1.29 is 18.4 Å². The summed E-state index contributed by atoms with van der Waals surface area (Å²) in [5.74, 6) is -0.809. The van der Waals surface area contributed by atoms with Crippen LogP contribution in [0.15, 0.2) is 48.5 Å². The molecule has 1 fully saturated rings. The van der Waals surface area contributed by atoms with Crippen LogP contribution in [0, 0.1) is 25.5 Å². The monoisotopic (exact) mass is 451 g/mol. The highest BCUT2D eigenvalue weighted by Gasteiger charge is 2.30. The molecule has 1 saturated heterocycles. The molecule has 1 aliphatic heterocycles. The maximum absolute atomic E-state index is 13.5. The molecule has 0 atom stereocenters. The Kier molecular flexibility index (Phi) is 6.42. The number of halogens is 2. The van der Waals surface area contributed by atoms with Crippen LogP contribution in [0.2, 0.25) is 0 Å². The fraction of sp³-hybridized carbons (Fsp3) is 0.308. The number of ketones is 1. The zero-order valence-electron chi connectivity index (χ0n) is 19.0. The maximum Gasteiger partial charge on any atom is 0.270 e. The van der Waals surface area contributed by atoms with Crippen molar-refractivity contribution >= 4 is 11.7 Å². The molecule has 0 aliphatic carbocycles. The van der Waals surface area contributed by atoms with E-state index in [0.717, 1.165) is 11.1 Å². The van der Waals surface area contributed by atoms with Crippen molar-refractivity contribution in [2.75, 3.05) is 26.2 Å². The lowest BCUT2D eigenvalue weighted by molar-refractivity contribution is 0.0591. The minimum Gasteiger partial charge on any atom is -0.354 e. The first-order chi connectivity index (χ1) is 15.8. The minimum absolute atomic E-state index is 0.0634. The summed E-state index contributed by atoms with van der Waals surface area (Å²) in [7, 11) is 0. The molecule has 33 heavy (non-hydrogen) atoms. The lowest BCUT2D eigenvalue weighted by Crippen LogP contribution is -2.50. The molecule has 1 aliphatic rings. The third-order valence-electron chi connectivity index (χ3n) is 6.34. The van der Waals surface area contributed by atoms with E-state index in [9.17, 15) is 18.4 Å². The molecule has 172 valence electrons. The van der Waals surface area contributed by atoms with Gasteiger partial charge in [0.25, 0.3) is 5.91 Å². The molecule has 0 spiro atoms. The Hall–Kier alpha value is -3.32. The molecule has 1 aromatic heterocycles. The second kappa shape index (κ2) is 9.27. The molecule has 3 aromatic rings. The zero-order chi connectivity index (χ0) is 23.7. The van der Waals surface area contributed by atoms with E-state index in [2.05, 4.69) is 9.88 Å². The number of aromatic amines is 1. The van der Waals surface area contributed by atoms with Gasteiger partial charge in [0.2, 0.25) is 0 Å². The average Bonchev–Trinajstić information content (AvgIpc) is 3.10. The van der Waals surface area contributed by atoms with Gasteiger partial charge in [0, 0.05) is 37.4 Å². The second-order valence-corrected chi connectivity index (χ2v) is 8.51. The molecule has 7 heteroatoms. The number of aromatic nitrogens is 1. The molecule has 1 amide bonds. The molecule has 0 bridgehead atoms. The van der Waals surface area contributed by atoms with Crippen LogP contribution in [-0.4, -0.2) is 52.7 Å². The first-order valence-corrected chi connectivity index (χ1v) is 11.0. The Morgan fingerprint density at radius 2 is 1.33 bits per heavy atom. The molecule has 2 aromatic carbocycles. The lowest BCUT2D eigenvalue weighted by Gasteiger charge is -2.39. The molecule has 0 unspecified atom stereocenters. The third-order valence-corrected chi connectivity index (χ3v) is 6.34. The Bertz CT molecular complexity index is 1120. The van der Waals surface area contributed by atoms with E-state index < -0.39 is 0 Å². The van der Waals surface area contributed by atoms with E-state index in [1.807, 2.05) is 0 Å². The fourth-order valence-electron chi connectivity index (χ4n) is 4.74. The summed E-state index contributed by atoms with van der Waals surface area (Å²) in [6, 6.07) is 12.5. The summed E-state index contributed by atoms with van der Waals surface area (Å²) in [5.41, 5.74) is 4.23. The number of nitrogens with one attached hydrogen (secondary N) is 1. The zero-order valence-corrected chi connectivity index (χ0v) is 19.0. The minimum atomic E-state index is -0.312. The normalized spacial score (nSPS) is 14.7. The highest BCUT2D eigenvalue weighted by Crippen LogP contribution is 2.30. The van der Waals surface area contributed by atoms with E-state index in [1.165, 1.54) is 31.2 Å². The molecule has 4 rings (SSSR count). The number of H-pyrrole nitrogens is 1. The summed E-state index contributed by atoms with van der Waals surface area (Å²) in [5, 5.41) is 0. The fourth-order valence-corrected chi connectivity index (χ4v) is 4.74. The number of hydrogen-bond donors (Lipinski definition) is 1. The van der Waals surface area contributed by atoms with Gasteiger partial charge in [-0.05, 0) is 61.7 Å². The first kappa shape index (κ1) is 22.9. The van der Waals surface area contributed by atoms with Crippen molar-refractivity contribution in [3.05, 3.63) is 93.8 Å². The van der Waals surface area contributed by atoms with Crippen molar-refractivity contribution in [3.8, 4) is 0 Å². The molecule has 1 N–H and O–H groups in total. The Balaban J connectivity index is 1.55. The molecule has 0 saturated carbocycles. The molecule has 2 heterocycles. The number of nitrogens with zero attached hydrogens (tertiary/aromatic N) is 2. The number of amides is 1. The van der Waals surface area contributed by atoms with Gasteiger partial charge in [-0.1, -0.05) is 24.3 Å². The summed E-state index contributed by atoms with van der Waals surface area (Å²) >= 11 is 0. The van der Waals surface area contributed by atoms with Crippen LogP contribution in [0.1, 0.15) is 56.2 Å². The maximum atomic E-state index is 13.5. The van der Waals surface area contributed by atoms with Crippen LogP contribution < -0.4 is 0 Å². The van der Waals surface area contributed by atoms with Crippen molar-refractivity contribution in [1.82, 2.24) is 14.8 Å². The highest BCUT2D eigenvalue weighted by atomic mass is 19.1. The molecular formula is C26H27F2N3O2.